The Morgan fingerprint density at radius 2 is 2.00 bits per heavy atom. The topological polar surface area (TPSA) is 58.6 Å². The van der Waals surface area contributed by atoms with E-state index in [9.17, 15) is 9.18 Å². The first-order valence-electron chi connectivity index (χ1n) is 7.43. The van der Waals surface area contributed by atoms with Gasteiger partial charge in [-0.3, -0.25) is 4.79 Å². The summed E-state index contributed by atoms with van der Waals surface area (Å²) in [5.41, 5.74) is 2.29. The van der Waals surface area contributed by atoms with Crippen LogP contribution < -0.4 is 5.32 Å². The van der Waals surface area contributed by atoms with Crippen LogP contribution in [0.2, 0.25) is 0 Å². The highest BCUT2D eigenvalue weighted by molar-refractivity contribution is 5.94. The van der Waals surface area contributed by atoms with Crippen LogP contribution >= 0.6 is 0 Å². The van der Waals surface area contributed by atoms with Crippen LogP contribution in [0, 0.1) is 12.7 Å². The average Bonchev–Trinajstić information content (AvgIpc) is 2.56. The van der Waals surface area contributed by atoms with Crippen molar-refractivity contribution >= 4 is 5.91 Å². The third kappa shape index (κ3) is 5.16. The van der Waals surface area contributed by atoms with Gasteiger partial charge in [-0.25, -0.2) is 4.39 Å². The van der Waals surface area contributed by atoms with E-state index in [-0.39, 0.29) is 37.3 Å². The number of hydrogen-bond acceptors (Lipinski definition) is 3. The number of rotatable bonds is 7. The van der Waals surface area contributed by atoms with Crippen LogP contribution in [-0.4, -0.2) is 30.8 Å². The minimum absolute atomic E-state index is 0.0970. The lowest BCUT2D eigenvalue weighted by Crippen LogP contribution is -2.30. The molecular weight excluding hydrogens is 297 g/mol. The monoisotopic (exact) mass is 317 g/mol. The molecule has 0 aliphatic rings. The quantitative estimate of drug-likeness (QED) is 0.825. The van der Waals surface area contributed by atoms with Crippen molar-refractivity contribution in [3.05, 3.63) is 71.0 Å². The fourth-order valence-corrected chi connectivity index (χ4v) is 2.17. The molecule has 2 aromatic rings. The molecule has 0 fully saturated rings. The van der Waals surface area contributed by atoms with Crippen LogP contribution in [-0.2, 0) is 4.74 Å². The third-order valence-electron chi connectivity index (χ3n) is 3.39. The molecule has 0 saturated carbocycles. The van der Waals surface area contributed by atoms with E-state index in [0.29, 0.717) is 0 Å². The fourth-order valence-electron chi connectivity index (χ4n) is 2.17. The zero-order valence-corrected chi connectivity index (χ0v) is 13.0. The van der Waals surface area contributed by atoms with Crippen LogP contribution in [0.4, 0.5) is 4.39 Å². The zero-order valence-electron chi connectivity index (χ0n) is 13.0. The van der Waals surface area contributed by atoms with E-state index in [0.717, 1.165) is 11.1 Å². The van der Waals surface area contributed by atoms with Gasteiger partial charge in [0, 0.05) is 12.1 Å². The summed E-state index contributed by atoms with van der Waals surface area (Å²) in [5, 5.41) is 11.7. The molecule has 2 N–H and O–H groups in total. The van der Waals surface area contributed by atoms with Gasteiger partial charge in [-0.1, -0.05) is 35.9 Å². The highest BCUT2D eigenvalue weighted by atomic mass is 19.1. The molecule has 4 nitrogen and oxygen atoms in total. The van der Waals surface area contributed by atoms with E-state index in [1.165, 1.54) is 18.2 Å². The summed E-state index contributed by atoms with van der Waals surface area (Å²) in [6.07, 6.45) is -0.375. The first kappa shape index (κ1) is 17.1. The van der Waals surface area contributed by atoms with E-state index < -0.39 is 5.82 Å². The Labute approximate surface area is 134 Å². The van der Waals surface area contributed by atoms with Gasteiger partial charge in [0.2, 0.25) is 0 Å². The number of benzene rings is 2. The number of ether oxygens (including phenoxy) is 1. The molecule has 1 amide bonds. The minimum Gasteiger partial charge on any atom is -0.394 e. The van der Waals surface area contributed by atoms with Gasteiger partial charge in [0.15, 0.2) is 0 Å². The van der Waals surface area contributed by atoms with Crippen molar-refractivity contribution in [2.45, 2.75) is 13.0 Å². The highest BCUT2D eigenvalue weighted by Gasteiger charge is 2.14. The fraction of sp³-hybridized carbons (Fsp3) is 0.278. The summed E-state index contributed by atoms with van der Waals surface area (Å²) in [6.45, 7) is 2.30. The van der Waals surface area contributed by atoms with Crippen molar-refractivity contribution in [3.8, 4) is 0 Å². The normalized spacial score (nSPS) is 12.0. The van der Waals surface area contributed by atoms with Gasteiger partial charge in [-0.2, -0.15) is 0 Å². The largest absolute Gasteiger partial charge is 0.394 e. The molecule has 2 aromatic carbocycles. The Hall–Kier alpha value is -2.24. The summed E-state index contributed by atoms with van der Waals surface area (Å²) < 4.78 is 18.8. The van der Waals surface area contributed by atoms with Crippen LogP contribution in [0.15, 0.2) is 48.5 Å². The van der Waals surface area contributed by atoms with Crippen molar-refractivity contribution in [2.75, 3.05) is 19.8 Å². The minimum atomic E-state index is -0.454. The van der Waals surface area contributed by atoms with Gasteiger partial charge in [0.25, 0.3) is 5.91 Å². The number of aryl methyl sites for hydroxylation is 1. The van der Waals surface area contributed by atoms with Crippen LogP contribution in [0.3, 0.4) is 0 Å². The lowest BCUT2D eigenvalue weighted by Gasteiger charge is -2.19. The molecule has 23 heavy (non-hydrogen) atoms. The number of carbonyl (C=O) groups excluding carboxylic acids is 1. The van der Waals surface area contributed by atoms with Crippen LogP contribution in [0.25, 0.3) is 0 Å². The molecule has 0 bridgehead atoms. The molecule has 0 radical (unpaired) electrons. The van der Waals surface area contributed by atoms with E-state index in [4.69, 9.17) is 9.84 Å². The maximum Gasteiger partial charge on any atom is 0.251 e. The number of carbonyl (C=O) groups is 1. The molecule has 122 valence electrons. The van der Waals surface area contributed by atoms with E-state index in [1.807, 2.05) is 31.2 Å². The van der Waals surface area contributed by atoms with E-state index >= 15 is 0 Å². The molecule has 0 aromatic heterocycles. The molecule has 0 saturated heterocycles. The number of aliphatic hydroxyl groups is 1. The number of aliphatic hydroxyl groups excluding tert-OH is 1. The van der Waals surface area contributed by atoms with Gasteiger partial charge in [-0.05, 0) is 30.7 Å². The molecule has 1 atom stereocenters. The van der Waals surface area contributed by atoms with E-state index in [1.54, 1.807) is 6.07 Å². The Bertz CT molecular complexity index is 643. The SMILES string of the molecule is Cc1ccc(C(CNC(=O)c2cccc(F)c2)OCCO)cc1. The lowest BCUT2D eigenvalue weighted by atomic mass is 10.1. The summed E-state index contributed by atoms with van der Waals surface area (Å²) in [7, 11) is 0. The second-order valence-corrected chi connectivity index (χ2v) is 5.21. The summed E-state index contributed by atoms with van der Waals surface area (Å²) in [5.74, 6) is -0.821. The molecule has 1 unspecified atom stereocenters. The van der Waals surface area contributed by atoms with Crippen LogP contribution in [0.5, 0.6) is 0 Å². The predicted molar refractivity (Wildman–Crippen MR) is 85.7 cm³/mol. The molecule has 0 aliphatic carbocycles. The number of amides is 1. The zero-order chi connectivity index (χ0) is 16.7. The second kappa shape index (κ2) is 8.41. The maximum atomic E-state index is 13.2. The summed E-state index contributed by atoms with van der Waals surface area (Å²) in [6, 6.07) is 13.3. The number of nitrogens with one attached hydrogen (secondary N) is 1. The first-order chi connectivity index (χ1) is 11.1. The maximum absolute atomic E-state index is 13.2. The smallest absolute Gasteiger partial charge is 0.251 e. The molecule has 0 spiro atoms. The molecule has 2 rings (SSSR count). The lowest BCUT2D eigenvalue weighted by molar-refractivity contribution is 0.0277. The standard InChI is InChI=1S/C18H20FNO3/c1-13-5-7-14(8-6-13)17(23-10-9-21)12-20-18(22)15-3-2-4-16(19)11-15/h2-8,11,17,21H,9-10,12H2,1H3,(H,20,22). The Balaban J connectivity index is 2.03. The van der Waals surface area contributed by atoms with Crippen LogP contribution in [0.1, 0.15) is 27.6 Å². The number of hydrogen-bond donors (Lipinski definition) is 2. The first-order valence-corrected chi connectivity index (χ1v) is 7.43. The Kier molecular flexibility index (Phi) is 6.26. The Morgan fingerprint density at radius 3 is 2.65 bits per heavy atom. The summed E-state index contributed by atoms with van der Waals surface area (Å²) >= 11 is 0. The third-order valence-corrected chi connectivity index (χ3v) is 3.39. The molecule has 0 heterocycles. The average molecular weight is 317 g/mol. The second-order valence-electron chi connectivity index (χ2n) is 5.21. The summed E-state index contributed by atoms with van der Waals surface area (Å²) in [4.78, 5) is 12.1. The molecular formula is C18H20FNO3. The van der Waals surface area contributed by atoms with Gasteiger partial charge in [-0.15, -0.1) is 0 Å². The van der Waals surface area contributed by atoms with Gasteiger partial charge >= 0.3 is 0 Å². The van der Waals surface area contributed by atoms with Gasteiger partial charge < -0.3 is 15.2 Å². The van der Waals surface area contributed by atoms with Crippen molar-refractivity contribution in [1.82, 2.24) is 5.32 Å². The predicted octanol–water partition coefficient (Wildman–Crippen LogP) is 2.61. The van der Waals surface area contributed by atoms with Crippen molar-refractivity contribution in [1.29, 1.82) is 0 Å². The van der Waals surface area contributed by atoms with Gasteiger partial charge in [0.05, 0.1) is 19.3 Å². The van der Waals surface area contributed by atoms with E-state index in [2.05, 4.69) is 5.32 Å². The molecule has 5 heteroatoms. The number of halogens is 1. The molecule has 0 aliphatic heterocycles. The highest BCUT2D eigenvalue weighted by Crippen LogP contribution is 2.17. The van der Waals surface area contributed by atoms with Gasteiger partial charge in [0.1, 0.15) is 5.82 Å². The van der Waals surface area contributed by atoms with Crippen molar-refractivity contribution < 1.29 is 19.0 Å². The Morgan fingerprint density at radius 1 is 1.26 bits per heavy atom. The van der Waals surface area contributed by atoms with Crippen molar-refractivity contribution in [3.63, 3.8) is 0 Å². The van der Waals surface area contributed by atoms with Crippen molar-refractivity contribution in [2.24, 2.45) is 0 Å².